The summed E-state index contributed by atoms with van der Waals surface area (Å²) in [7, 11) is 0. The molecule has 2 aromatic heterocycles. The van der Waals surface area contributed by atoms with Gasteiger partial charge in [-0.1, -0.05) is 30.3 Å². The minimum atomic E-state index is -0.274. The molecule has 0 spiro atoms. The van der Waals surface area contributed by atoms with E-state index in [1.807, 2.05) is 42.5 Å². The molecule has 3 heterocycles. The van der Waals surface area contributed by atoms with Gasteiger partial charge in [0.25, 0.3) is 5.89 Å². The van der Waals surface area contributed by atoms with Crippen LogP contribution in [0.3, 0.4) is 0 Å². The molecule has 8 nitrogen and oxygen atoms in total. The Bertz CT molecular complexity index is 919. The van der Waals surface area contributed by atoms with E-state index in [0.717, 1.165) is 24.3 Å². The van der Waals surface area contributed by atoms with Crippen molar-refractivity contribution in [2.24, 2.45) is 0 Å². The second-order valence-corrected chi connectivity index (χ2v) is 6.54. The van der Waals surface area contributed by atoms with Crippen molar-refractivity contribution in [2.45, 2.75) is 13.5 Å². The van der Waals surface area contributed by atoms with Crippen LogP contribution in [-0.4, -0.2) is 52.4 Å². The summed E-state index contributed by atoms with van der Waals surface area (Å²) >= 11 is 0. The summed E-state index contributed by atoms with van der Waals surface area (Å²) in [5.41, 5.74) is 2.63. The van der Waals surface area contributed by atoms with Gasteiger partial charge in [-0.15, -0.1) is 10.2 Å². The number of benzene rings is 1. The van der Waals surface area contributed by atoms with Crippen molar-refractivity contribution in [3.63, 3.8) is 0 Å². The number of rotatable bonds is 4. The maximum absolute atomic E-state index is 12.3. The first-order chi connectivity index (χ1) is 13.7. The van der Waals surface area contributed by atoms with Gasteiger partial charge in [-0.05, 0) is 17.7 Å². The number of carbonyl (C=O) groups excluding carboxylic acids is 1. The van der Waals surface area contributed by atoms with Crippen molar-refractivity contribution in [3.05, 3.63) is 60.1 Å². The zero-order chi connectivity index (χ0) is 19.3. The average Bonchev–Trinajstić information content (AvgIpc) is 3.19. The fourth-order valence-corrected chi connectivity index (χ4v) is 3.06. The van der Waals surface area contributed by atoms with E-state index >= 15 is 0 Å². The quantitative estimate of drug-likeness (QED) is 0.689. The Balaban J connectivity index is 1.29. The molecular weight excluding hydrogens is 358 g/mol. The molecule has 1 aromatic carbocycles. The average molecular weight is 379 g/mol. The maximum Gasteiger partial charge on any atom is 0.410 e. The second-order valence-electron chi connectivity index (χ2n) is 6.54. The van der Waals surface area contributed by atoms with Crippen molar-refractivity contribution >= 4 is 11.8 Å². The van der Waals surface area contributed by atoms with Gasteiger partial charge in [-0.3, -0.25) is 0 Å². The lowest BCUT2D eigenvalue weighted by Gasteiger charge is -2.35. The van der Waals surface area contributed by atoms with Crippen LogP contribution in [0.1, 0.15) is 11.5 Å². The molecule has 1 aliphatic rings. The van der Waals surface area contributed by atoms with Crippen LogP contribution in [-0.2, 0) is 11.3 Å². The van der Waals surface area contributed by atoms with Crippen molar-refractivity contribution < 1.29 is 13.9 Å². The molecule has 1 amide bonds. The number of amides is 1. The Morgan fingerprint density at radius 1 is 1.07 bits per heavy atom. The molecule has 3 aromatic rings. The van der Waals surface area contributed by atoms with E-state index in [9.17, 15) is 4.79 Å². The van der Waals surface area contributed by atoms with E-state index in [0.29, 0.717) is 37.2 Å². The lowest BCUT2D eigenvalue weighted by atomic mass is 10.2. The predicted molar refractivity (Wildman–Crippen MR) is 103 cm³/mol. The van der Waals surface area contributed by atoms with Crippen LogP contribution in [0.4, 0.5) is 10.5 Å². The van der Waals surface area contributed by atoms with Crippen LogP contribution in [0.25, 0.3) is 11.6 Å². The predicted octanol–water partition coefficient (Wildman–Crippen LogP) is 2.90. The van der Waals surface area contributed by atoms with Crippen LogP contribution in [0.5, 0.6) is 0 Å². The Morgan fingerprint density at radius 3 is 2.50 bits per heavy atom. The van der Waals surface area contributed by atoms with Crippen LogP contribution < -0.4 is 4.90 Å². The van der Waals surface area contributed by atoms with E-state index in [4.69, 9.17) is 9.15 Å². The van der Waals surface area contributed by atoms with Gasteiger partial charge in [0, 0.05) is 33.1 Å². The van der Waals surface area contributed by atoms with Crippen LogP contribution in [0.15, 0.2) is 53.1 Å². The zero-order valence-corrected chi connectivity index (χ0v) is 15.6. The molecule has 0 atom stereocenters. The van der Waals surface area contributed by atoms with E-state index in [2.05, 4.69) is 20.1 Å². The van der Waals surface area contributed by atoms with Crippen LogP contribution >= 0.6 is 0 Å². The van der Waals surface area contributed by atoms with Gasteiger partial charge in [0.2, 0.25) is 5.89 Å². The normalized spacial score (nSPS) is 14.2. The maximum atomic E-state index is 12.3. The molecule has 28 heavy (non-hydrogen) atoms. The number of hydrogen-bond donors (Lipinski definition) is 0. The minimum Gasteiger partial charge on any atom is -0.445 e. The molecule has 1 fully saturated rings. The number of aromatic nitrogens is 3. The van der Waals surface area contributed by atoms with Crippen LogP contribution in [0, 0.1) is 6.92 Å². The highest BCUT2D eigenvalue weighted by Gasteiger charge is 2.22. The molecule has 0 saturated carbocycles. The van der Waals surface area contributed by atoms with Crippen LogP contribution in [0.2, 0.25) is 0 Å². The van der Waals surface area contributed by atoms with E-state index in [1.165, 1.54) is 0 Å². The first kappa shape index (κ1) is 18.0. The first-order valence-corrected chi connectivity index (χ1v) is 9.16. The molecule has 8 heteroatoms. The topological polar surface area (TPSA) is 84.6 Å². The molecule has 0 unspecified atom stereocenters. The number of anilines is 1. The highest BCUT2D eigenvalue weighted by atomic mass is 16.6. The molecule has 0 aliphatic carbocycles. The monoisotopic (exact) mass is 379 g/mol. The summed E-state index contributed by atoms with van der Waals surface area (Å²) in [5, 5.41) is 7.79. The van der Waals surface area contributed by atoms with Crippen molar-refractivity contribution in [1.82, 2.24) is 20.1 Å². The van der Waals surface area contributed by atoms with Gasteiger partial charge in [-0.2, -0.15) is 0 Å². The minimum absolute atomic E-state index is 0.274. The third-order valence-electron chi connectivity index (χ3n) is 4.60. The molecule has 4 rings (SSSR count). The molecule has 1 aliphatic heterocycles. The summed E-state index contributed by atoms with van der Waals surface area (Å²) in [6, 6.07) is 13.5. The zero-order valence-electron chi connectivity index (χ0n) is 15.6. The SMILES string of the molecule is Cc1nnc(-c2ccc(N3CCN(C(=O)OCc4ccccc4)CC3)cn2)o1. The molecular formula is C20H21N5O3. The number of hydrogen-bond acceptors (Lipinski definition) is 7. The van der Waals surface area contributed by atoms with Crippen molar-refractivity contribution in [2.75, 3.05) is 31.1 Å². The van der Waals surface area contributed by atoms with E-state index < -0.39 is 0 Å². The number of pyridine rings is 1. The number of aryl methyl sites for hydroxylation is 1. The lowest BCUT2D eigenvalue weighted by Crippen LogP contribution is -2.49. The second kappa shape index (κ2) is 8.08. The first-order valence-electron chi connectivity index (χ1n) is 9.16. The Kier molecular flexibility index (Phi) is 5.18. The summed E-state index contributed by atoms with van der Waals surface area (Å²) in [5.74, 6) is 0.922. The number of nitrogens with zero attached hydrogens (tertiary/aromatic N) is 5. The van der Waals surface area contributed by atoms with Gasteiger partial charge in [0.1, 0.15) is 12.3 Å². The van der Waals surface area contributed by atoms with Gasteiger partial charge in [-0.25, -0.2) is 9.78 Å². The van der Waals surface area contributed by atoms with Gasteiger partial charge in [0.05, 0.1) is 11.9 Å². The summed E-state index contributed by atoms with van der Waals surface area (Å²) < 4.78 is 10.8. The van der Waals surface area contributed by atoms with Gasteiger partial charge >= 0.3 is 6.09 Å². The van der Waals surface area contributed by atoms with E-state index in [1.54, 1.807) is 18.0 Å². The molecule has 0 N–H and O–H groups in total. The standard InChI is InChI=1S/C20H21N5O3/c1-15-22-23-19(28-15)18-8-7-17(13-21-18)24-9-11-25(12-10-24)20(26)27-14-16-5-3-2-4-6-16/h2-8,13H,9-12,14H2,1H3. The summed E-state index contributed by atoms with van der Waals surface area (Å²) in [6.45, 7) is 4.70. The fourth-order valence-electron chi connectivity index (χ4n) is 3.06. The summed E-state index contributed by atoms with van der Waals surface area (Å²) in [6.07, 6.45) is 1.52. The van der Waals surface area contributed by atoms with Gasteiger partial charge < -0.3 is 19.0 Å². The lowest BCUT2D eigenvalue weighted by molar-refractivity contribution is 0.0942. The Labute approximate surface area is 162 Å². The van der Waals surface area contributed by atoms with Crippen molar-refractivity contribution in [3.8, 4) is 11.6 Å². The molecule has 0 radical (unpaired) electrons. The number of piperazine rings is 1. The largest absolute Gasteiger partial charge is 0.445 e. The molecule has 0 bridgehead atoms. The third kappa shape index (κ3) is 4.11. The molecule has 144 valence electrons. The fraction of sp³-hybridized carbons (Fsp3) is 0.300. The highest BCUT2D eigenvalue weighted by molar-refractivity contribution is 5.68. The third-order valence-corrected chi connectivity index (χ3v) is 4.60. The Hall–Kier alpha value is -3.42. The van der Waals surface area contributed by atoms with Gasteiger partial charge in [0.15, 0.2) is 0 Å². The summed E-state index contributed by atoms with van der Waals surface area (Å²) in [4.78, 5) is 20.6. The van der Waals surface area contributed by atoms with Crippen molar-refractivity contribution in [1.29, 1.82) is 0 Å². The highest BCUT2D eigenvalue weighted by Crippen LogP contribution is 2.20. The van der Waals surface area contributed by atoms with E-state index in [-0.39, 0.29) is 6.09 Å². The molecule has 1 saturated heterocycles. The smallest absolute Gasteiger partial charge is 0.410 e. The number of ether oxygens (including phenoxy) is 1. The number of carbonyl (C=O) groups is 1. The Morgan fingerprint density at radius 2 is 1.86 bits per heavy atom.